The van der Waals surface area contributed by atoms with E-state index in [1.807, 2.05) is 77.9 Å². The normalized spacial score (nSPS) is 9.37. The molecule has 0 aliphatic rings. The van der Waals surface area contributed by atoms with E-state index in [4.69, 9.17) is 0 Å². The third-order valence-corrected chi connectivity index (χ3v) is 11.0. The lowest BCUT2D eigenvalue weighted by atomic mass is 9.92. The summed E-state index contributed by atoms with van der Waals surface area (Å²) in [4.78, 5) is 0. The fourth-order valence-electron chi connectivity index (χ4n) is 7.00. The molecule has 0 amide bonds. The van der Waals surface area contributed by atoms with Crippen molar-refractivity contribution in [3.8, 4) is 0 Å². The largest absolute Gasteiger partial charge is 0.0683 e. The van der Waals surface area contributed by atoms with Gasteiger partial charge in [-0.2, -0.15) is 0 Å². The highest BCUT2D eigenvalue weighted by atomic mass is 14.1. The zero-order chi connectivity index (χ0) is 52.1. The van der Waals surface area contributed by atoms with E-state index in [2.05, 4.69) is 239 Å². The first-order chi connectivity index (χ1) is 34.1. The summed E-state index contributed by atoms with van der Waals surface area (Å²) < 4.78 is 0. The van der Waals surface area contributed by atoms with Crippen LogP contribution in [0.4, 0.5) is 0 Å². The molecule has 0 saturated carbocycles. The van der Waals surface area contributed by atoms with Crippen molar-refractivity contribution in [1.82, 2.24) is 0 Å². The van der Waals surface area contributed by atoms with Crippen LogP contribution in [-0.2, 0) is 0 Å². The maximum Gasteiger partial charge on any atom is -0.00961 e. The van der Waals surface area contributed by atoms with Gasteiger partial charge in [0, 0.05) is 0 Å². The lowest BCUT2D eigenvalue weighted by molar-refractivity contribution is 0.886. The Morgan fingerprint density at radius 3 is 0.743 bits per heavy atom. The van der Waals surface area contributed by atoms with Crippen LogP contribution < -0.4 is 0 Å². The molecule has 0 fully saturated rings. The summed E-state index contributed by atoms with van der Waals surface area (Å²) in [7, 11) is 0. The standard InChI is InChI=1S/C20H16.2C11H10.2C7H8.2C4H10.3C2H6/c1-13-11-19-18-10-6-4-8-16(18)14(2)12-20(19)17-9-5-3-7-15(13)17;2*1-9-6-7-10-4-2-3-5-11(10)8-9;2*1-7-5-3-2-4-6-7;2*1-3-4-2;3*1-2/h3-12H,1-2H3;2*2-8H,1H3;2*2-6H,1H3;2*3-4H2,1-2H3;3*1-2H3. The second kappa shape index (κ2) is 37.4. The molecular weight excluding hydrogens is 841 g/mol. The minimum Gasteiger partial charge on any atom is -0.0683 e. The molecule has 0 bridgehead atoms. The molecule has 10 rings (SSSR count). The molecule has 0 aliphatic heterocycles. The van der Waals surface area contributed by atoms with Crippen molar-refractivity contribution < 1.29 is 0 Å². The molecule has 0 aromatic heterocycles. The number of fused-ring (bicyclic) bond motifs is 7. The molecule has 0 heterocycles. The third kappa shape index (κ3) is 21.9. The van der Waals surface area contributed by atoms with Crippen LogP contribution in [0.3, 0.4) is 0 Å². The first-order valence-corrected chi connectivity index (χ1v) is 26.3. The minimum atomic E-state index is 1.32. The Morgan fingerprint density at radius 1 is 0.214 bits per heavy atom. The van der Waals surface area contributed by atoms with Crippen molar-refractivity contribution >= 4 is 53.9 Å². The maximum atomic E-state index is 2.33. The number of benzene rings is 10. The van der Waals surface area contributed by atoms with Gasteiger partial charge in [0.25, 0.3) is 0 Å². The summed E-state index contributed by atoms with van der Waals surface area (Å²) in [5, 5.41) is 13.4. The number of hydrogen-bond acceptors (Lipinski definition) is 0. The Morgan fingerprint density at radius 2 is 0.471 bits per heavy atom. The fourth-order valence-corrected chi connectivity index (χ4v) is 7.00. The van der Waals surface area contributed by atoms with E-state index in [9.17, 15) is 0 Å². The van der Waals surface area contributed by atoms with Crippen LogP contribution in [0.5, 0.6) is 0 Å². The topological polar surface area (TPSA) is 0 Å². The summed E-state index contributed by atoms with van der Waals surface area (Å²) in [6.45, 7) is 33.5. The van der Waals surface area contributed by atoms with Crippen LogP contribution in [0, 0.1) is 41.5 Å². The zero-order valence-corrected chi connectivity index (χ0v) is 46.5. The van der Waals surface area contributed by atoms with E-state index in [-0.39, 0.29) is 0 Å². The van der Waals surface area contributed by atoms with Crippen molar-refractivity contribution in [1.29, 1.82) is 0 Å². The average molecular weight is 931 g/mol. The van der Waals surface area contributed by atoms with Gasteiger partial charge in [0.2, 0.25) is 0 Å². The molecule has 0 nitrogen and oxygen atoms in total. The van der Waals surface area contributed by atoms with Gasteiger partial charge in [-0.1, -0.05) is 323 Å². The molecule has 0 heteroatoms. The van der Waals surface area contributed by atoms with Crippen LogP contribution >= 0.6 is 0 Å². The molecule has 0 unspecified atom stereocenters. The molecule has 10 aromatic rings. The smallest absolute Gasteiger partial charge is 0.00961 e. The number of hydrogen-bond donors (Lipinski definition) is 0. The number of rotatable bonds is 2. The van der Waals surface area contributed by atoms with Crippen molar-refractivity contribution in [2.45, 2.75) is 136 Å². The fraction of sp³-hybridized carbons (Fsp3) is 0.286. The van der Waals surface area contributed by atoms with E-state index in [0.717, 1.165) is 0 Å². The lowest BCUT2D eigenvalue weighted by Crippen LogP contribution is -1.86. The Bertz CT molecular complexity index is 2660. The molecule has 0 saturated heterocycles. The number of unbranched alkanes of at least 4 members (excludes halogenated alkanes) is 2. The Balaban J connectivity index is 0.000000428. The molecule has 0 aliphatic carbocycles. The molecule has 0 radical (unpaired) electrons. The van der Waals surface area contributed by atoms with E-state index < -0.39 is 0 Å². The van der Waals surface area contributed by atoms with E-state index in [1.54, 1.807) is 0 Å². The van der Waals surface area contributed by atoms with Crippen molar-refractivity contribution in [2.75, 3.05) is 0 Å². The Hall–Kier alpha value is -6.50. The molecule has 0 atom stereocenters. The first kappa shape index (κ1) is 61.5. The van der Waals surface area contributed by atoms with E-state index in [0.29, 0.717) is 0 Å². The molecule has 10 aromatic carbocycles. The Kier molecular flexibility index (Phi) is 32.9. The van der Waals surface area contributed by atoms with Crippen LogP contribution in [0.1, 0.15) is 128 Å². The predicted octanol–water partition coefficient (Wildman–Crippen LogP) is 22.7. The van der Waals surface area contributed by atoms with Gasteiger partial charge in [0.05, 0.1) is 0 Å². The first-order valence-electron chi connectivity index (χ1n) is 26.3. The molecule has 0 N–H and O–H groups in total. The quantitative estimate of drug-likeness (QED) is 0.152. The van der Waals surface area contributed by atoms with Gasteiger partial charge < -0.3 is 0 Å². The maximum absolute atomic E-state index is 2.33. The molecule has 0 spiro atoms. The van der Waals surface area contributed by atoms with Gasteiger partial charge in [-0.15, -0.1) is 0 Å². The van der Waals surface area contributed by atoms with Crippen LogP contribution in [0.2, 0.25) is 0 Å². The summed E-state index contributed by atoms with van der Waals surface area (Å²) >= 11 is 0. The third-order valence-electron chi connectivity index (χ3n) is 11.0. The second-order valence-corrected chi connectivity index (χ2v) is 16.6. The van der Waals surface area contributed by atoms with Crippen molar-refractivity contribution in [3.63, 3.8) is 0 Å². The average Bonchev–Trinajstić information content (AvgIpc) is 3.42. The van der Waals surface area contributed by atoms with Gasteiger partial charge in [-0.3, -0.25) is 0 Å². The van der Waals surface area contributed by atoms with Crippen LogP contribution in [0.15, 0.2) is 206 Å². The minimum absolute atomic E-state index is 1.32. The highest BCUT2D eigenvalue weighted by Gasteiger charge is 2.08. The summed E-state index contributed by atoms with van der Waals surface area (Å²) in [5.41, 5.74) is 7.99. The zero-order valence-electron chi connectivity index (χ0n) is 46.5. The highest BCUT2D eigenvalue weighted by molar-refractivity contribution is 6.18. The molecular formula is C70H90. The van der Waals surface area contributed by atoms with E-state index in [1.165, 1.54) is 113 Å². The van der Waals surface area contributed by atoms with Gasteiger partial charge in [0.1, 0.15) is 0 Å². The molecule has 370 valence electrons. The number of aryl methyl sites for hydroxylation is 6. The van der Waals surface area contributed by atoms with Gasteiger partial charge in [-0.05, 0) is 107 Å². The van der Waals surface area contributed by atoms with Gasteiger partial charge >= 0.3 is 0 Å². The monoisotopic (exact) mass is 931 g/mol. The molecule has 70 heavy (non-hydrogen) atoms. The summed E-state index contributed by atoms with van der Waals surface area (Å²) in [6, 6.07) is 72.4. The Labute approximate surface area is 427 Å². The SMILES string of the molecule is CC.CC.CC.CCCC.CCCC.Cc1cc2c3ccccc3c(C)cc2c2ccccc12.Cc1ccc2ccccc2c1.Cc1ccc2ccccc2c1.Cc1ccccc1.Cc1ccccc1. The van der Waals surface area contributed by atoms with Gasteiger partial charge in [-0.25, -0.2) is 0 Å². The van der Waals surface area contributed by atoms with Crippen LogP contribution in [-0.4, -0.2) is 0 Å². The van der Waals surface area contributed by atoms with Crippen molar-refractivity contribution in [2.24, 2.45) is 0 Å². The summed E-state index contributed by atoms with van der Waals surface area (Å²) in [6.07, 6.45) is 5.28. The lowest BCUT2D eigenvalue weighted by Gasteiger charge is -2.12. The highest BCUT2D eigenvalue weighted by Crippen LogP contribution is 2.35. The van der Waals surface area contributed by atoms with Gasteiger partial charge in [0.15, 0.2) is 0 Å². The van der Waals surface area contributed by atoms with Crippen LogP contribution in [0.25, 0.3) is 53.9 Å². The summed E-state index contributed by atoms with van der Waals surface area (Å²) in [5.74, 6) is 0. The van der Waals surface area contributed by atoms with E-state index >= 15 is 0 Å². The second-order valence-electron chi connectivity index (χ2n) is 16.6. The van der Waals surface area contributed by atoms with Crippen molar-refractivity contribution in [3.05, 3.63) is 240 Å². The predicted molar refractivity (Wildman–Crippen MR) is 323 cm³/mol.